The molecule has 0 atom stereocenters. The third kappa shape index (κ3) is 3.05. The molecular formula is C14H14BrN3S. The van der Waals surface area contributed by atoms with Gasteiger partial charge in [0.25, 0.3) is 0 Å². The summed E-state index contributed by atoms with van der Waals surface area (Å²) in [6.45, 7) is 1.80. The van der Waals surface area contributed by atoms with Crippen LogP contribution >= 0.6 is 27.3 Å². The maximum atomic E-state index is 4.26. The van der Waals surface area contributed by atoms with Gasteiger partial charge in [-0.25, -0.2) is 4.98 Å². The molecule has 2 heterocycles. The Morgan fingerprint density at radius 3 is 3.16 bits per heavy atom. The summed E-state index contributed by atoms with van der Waals surface area (Å²) in [7, 11) is 0. The quantitative estimate of drug-likeness (QED) is 0.697. The first-order valence-electron chi connectivity index (χ1n) is 6.16. The van der Waals surface area contributed by atoms with Gasteiger partial charge < -0.3 is 10.3 Å². The predicted octanol–water partition coefficient (Wildman–Crippen LogP) is 3.72. The van der Waals surface area contributed by atoms with Gasteiger partial charge in [-0.15, -0.1) is 11.3 Å². The zero-order chi connectivity index (χ0) is 13.1. The van der Waals surface area contributed by atoms with Crippen molar-refractivity contribution in [2.45, 2.75) is 13.0 Å². The van der Waals surface area contributed by atoms with E-state index in [0.29, 0.717) is 0 Å². The van der Waals surface area contributed by atoms with Crippen LogP contribution in [0.2, 0.25) is 0 Å². The van der Waals surface area contributed by atoms with Gasteiger partial charge in [0.2, 0.25) is 0 Å². The smallest absolute Gasteiger partial charge is 0.0795 e. The standard InChI is InChI=1S/C14H14BrN3S/c15-11-1-2-14-13(5-11)10(6-17-14)3-4-16-7-12-8-19-9-18-12/h1-2,5-6,8-9,16-17H,3-4,7H2. The molecule has 0 fully saturated rings. The molecule has 0 aliphatic heterocycles. The number of nitrogens with zero attached hydrogens (tertiary/aromatic N) is 1. The van der Waals surface area contributed by atoms with Crippen molar-refractivity contribution in [2.75, 3.05) is 6.54 Å². The number of nitrogens with one attached hydrogen (secondary N) is 2. The third-order valence-corrected chi connectivity index (χ3v) is 4.22. The molecule has 1 aromatic carbocycles. The lowest BCUT2D eigenvalue weighted by Crippen LogP contribution is -2.16. The molecule has 2 aromatic heterocycles. The van der Waals surface area contributed by atoms with E-state index < -0.39 is 0 Å². The van der Waals surface area contributed by atoms with E-state index in [9.17, 15) is 0 Å². The Bertz CT molecular complexity index is 660. The van der Waals surface area contributed by atoms with Crippen molar-refractivity contribution < 1.29 is 0 Å². The monoisotopic (exact) mass is 335 g/mol. The van der Waals surface area contributed by atoms with Crippen molar-refractivity contribution in [1.82, 2.24) is 15.3 Å². The van der Waals surface area contributed by atoms with E-state index >= 15 is 0 Å². The number of halogens is 1. The van der Waals surface area contributed by atoms with Gasteiger partial charge in [0.05, 0.1) is 11.2 Å². The summed E-state index contributed by atoms with van der Waals surface area (Å²) in [4.78, 5) is 7.57. The predicted molar refractivity (Wildman–Crippen MR) is 83.5 cm³/mol. The highest BCUT2D eigenvalue weighted by Gasteiger charge is 2.04. The fourth-order valence-electron chi connectivity index (χ4n) is 2.12. The number of thiazole rings is 1. The van der Waals surface area contributed by atoms with Crippen molar-refractivity contribution >= 4 is 38.2 Å². The lowest BCUT2D eigenvalue weighted by Gasteiger charge is -2.02. The largest absolute Gasteiger partial charge is 0.361 e. The molecule has 0 aliphatic carbocycles. The van der Waals surface area contributed by atoms with Gasteiger partial charge in [-0.05, 0) is 36.7 Å². The van der Waals surface area contributed by atoms with Crippen molar-refractivity contribution in [3.05, 3.63) is 51.0 Å². The van der Waals surface area contributed by atoms with Crippen LogP contribution in [-0.4, -0.2) is 16.5 Å². The van der Waals surface area contributed by atoms with Crippen LogP contribution in [0.3, 0.4) is 0 Å². The van der Waals surface area contributed by atoms with E-state index in [1.54, 1.807) is 11.3 Å². The molecule has 3 aromatic rings. The highest BCUT2D eigenvalue weighted by atomic mass is 79.9. The minimum atomic E-state index is 0.843. The Morgan fingerprint density at radius 1 is 1.37 bits per heavy atom. The Kier molecular flexibility index (Phi) is 3.96. The number of H-pyrrole nitrogens is 1. The lowest BCUT2D eigenvalue weighted by molar-refractivity contribution is 0.679. The van der Waals surface area contributed by atoms with Crippen molar-refractivity contribution in [3.8, 4) is 0 Å². The first kappa shape index (κ1) is 12.8. The zero-order valence-electron chi connectivity index (χ0n) is 10.3. The second-order valence-electron chi connectivity index (χ2n) is 4.41. The fourth-order valence-corrected chi connectivity index (χ4v) is 3.04. The molecule has 0 saturated carbocycles. The van der Waals surface area contributed by atoms with E-state index in [1.165, 1.54) is 16.5 Å². The molecule has 2 N–H and O–H groups in total. The number of aromatic amines is 1. The minimum Gasteiger partial charge on any atom is -0.361 e. The van der Waals surface area contributed by atoms with E-state index in [1.807, 2.05) is 5.51 Å². The van der Waals surface area contributed by atoms with Gasteiger partial charge in [-0.2, -0.15) is 0 Å². The topological polar surface area (TPSA) is 40.7 Å². The average molecular weight is 336 g/mol. The van der Waals surface area contributed by atoms with Crippen LogP contribution in [0.25, 0.3) is 10.9 Å². The number of hydrogen-bond donors (Lipinski definition) is 2. The lowest BCUT2D eigenvalue weighted by atomic mass is 10.1. The molecule has 3 rings (SSSR count). The highest BCUT2D eigenvalue weighted by Crippen LogP contribution is 2.22. The number of aromatic nitrogens is 2. The van der Waals surface area contributed by atoms with E-state index in [4.69, 9.17) is 0 Å². The molecule has 0 aliphatic rings. The van der Waals surface area contributed by atoms with E-state index in [2.05, 4.69) is 61.0 Å². The van der Waals surface area contributed by atoms with Crippen molar-refractivity contribution in [1.29, 1.82) is 0 Å². The Balaban J connectivity index is 1.60. The third-order valence-electron chi connectivity index (χ3n) is 3.09. The second kappa shape index (κ2) is 5.86. The van der Waals surface area contributed by atoms with Gasteiger partial charge in [0.1, 0.15) is 0 Å². The first-order valence-corrected chi connectivity index (χ1v) is 7.90. The fraction of sp³-hybridized carbons (Fsp3) is 0.214. The summed E-state index contributed by atoms with van der Waals surface area (Å²) in [5.41, 5.74) is 5.53. The average Bonchev–Trinajstić information content (AvgIpc) is 3.04. The molecule has 0 radical (unpaired) electrons. The maximum Gasteiger partial charge on any atom is 0.0795 e. The van der Waals surface area contributed by atoms with Crippen LogP contribution in [0, 0.1) is 0 Å². The number of rotatable bonds is 5. The molecule has 0 spiro atoms. The molecular weight excluding hydrogens is 322 g/mol. The summed E-state index contributed by atoms with van der Waals surface area (Å²) < 4.78 is 1.12. The number of fused-ring (bicyclic) bond motifs is 1. The molecule has 19 heavy (non-hydrogen) atoms. The van der Waals surface area contributed by atoms with Crippen LogP contribution in [0.1, 0.15) is 11.3 Å². The Morgan fingerprint density at radius 2 is 2.32 bits per heavy atom. The van der Waals surface area contributed by atoms with Crippen LogP contribution in [-0.2, 0) is 13.0 Å². The maximum absolute atomic E-state index is 4.26. The van der Waals surface area contributed by atoms with Crippen LogP contribution < -0.4 is 5.32 Å². The Labute approximate surface area is 124 Å². The summed E-state index contributed by atoms with van der Waals surface area (Å²) >= 11 is 5.16. The van der Waals surface area contributed by atoms with Gasteiger partial charge in [0.15, 0.2) is 0 Å². The van der Waals surface area contributed by atoms with Gasteiger partial charge in [0, 0.05) is 33.5 Å². The second-order valence-corrected chi connectivity index (χ2v) is 6.04. The molecule has 0 amide bonds. The van der Waals surface area contributed by atoms with E-state index in [-0.39, 0.29) is 0 Å². The summed E-state index contributed by atoms with van der Waals surface area (Å²) in [6, 6.07) is 6.33. The van der Waals surface area contributed by atoms with Crippen LogP contribution in [0.5, 0.6) is 0 Å². The zero-order valence-corrected chi connectivity index (χ0v) is 12.7. The minimum absolute atomic E-state index is 0.843. The van der Waals surface area contributed by atoms with Gasteiger partial charge in [-0.1, -0.05) is 15.9 Å². The molecule has 0 unspecified atom stereocenters. The summed E-state index contributed by atoms with van der Waals surface area (Å²) in [5.74, 6) is 0. The number of benzene rings is 1. The summed E-state index contributed by atoms with van der Waals surface area (Å²) in [6.07, 6.45) is 3.11. The molecule has 0 saturated heterocycles. The first-order chi connectivity index (χ1) is 9.33. The van der Waals surface area contributed by atoms with E-state index in [0.717, 1.165) is 29.7 Å². The summed E-state index contributed by atoms with van der Waals surface area (Å²) in [5, 5.41) is 6.80. The van der Waals surface area contributed by atoms with Crippen molar-refractivity contribution in [3.63, 3.8) is 0 Å². The SMILES string of the molecule is Brc1ccc2[nH]cc(CCNCc3cscn3)c2c1. The molecule has 98 valence electrons. The van der Waals surface area contributed by atoms with Crippen LogP contribution in [0.15, 0.2) is 39.8 Å². The highest BCUT2D eigenvalue weighted by molar-refractivity contribution is 9.10. The van der Waals surface area contributed by atoms with Crippen LogP contribution in [0.4, 0.5) is 0 Å². The molecule has 3 nitrogen and oxygen atoms in total. The van der Waals surface area contributed by atoms with Gasteiger partial charge in [-0.3, -0.25) is 0 Å². The number of hydrogen-bond acceptors (Lipinski definition) is 3. The molecule has 0 bridgehead atoms. The van der Waals surface area contributed by atoms with Crippen molar-refractivity contribution in [2.24, 2.45) is 0 Å². The van der Waals surface area contributed by atoms with Gasteiger partial charge >= 0.3 is 0 Å². The Hall–Kier alpha value is -1.17. The normalized spacial score (nSPS) is 11.2. The molecule has 5 heteroatoms.